The molecular weight excluding hydrogens is 332 g/mol. The van der Waals surface area contributed by atoms with E-state index in [1.165, 1.54) is 0 Å². The molecule has 2 fully saturated rings. The standard InChI is InChI=1S/C18H26N6O2/c1-12-4-5-13(10-20-12)11-21-16(19-3)24-8-6-14(7-9-24)18(2)15(25)22-17(26)23-18/h4-5,10,14H,6-9,11H2,1-3H3,(H,19,21)(H2,22,23,25,26). The van der Waals surface area contributed by atoms with Gasteiger partial charge >= 0.3 is 6.03 Å². The number of aromatic nitrogens is 1. The summed E-state index contributed by atoms with van der Waals surface area (Å²) >= 11 is 0. The highest BCUT2D eigenvalue weighted by Crippen LogP contribution is 2.30. The number of urea groups is 1. The Kier molecular flexibility index (Phi) is 5.11. The van der Waals surface area contributed by atoms with Crippen molar-refractivity contribution in [2.45, 2.75) is 38.8 Å². The predicted octanol–water partition coefficient (Wildman–Crippen LogP) is 0.776. The van der Waals surface area contributed by atoms with Gasteiger partial charge in [0.15, 0.2) is 5.96 Å². The summed E-state index contributed by atoms with van der Waals surface area (Å²) in [6.45, 7) is 6.01. The van der Waals surface area contributed by atoms with Crippen molar-refractivity contribution >= 4 is 17.9 Å². The van der Waals surface area contributed by atoms with Crippen molar-refractivity contribution in [2.75, 3.05) is 20.1 Å². The number of amides is 3. The zero-order chi connectivity index (χ0) is 18.7. The summed E-state index contributed by atoms with van der Waals surface area (Å²) in [6, 6.07) is 3.65. The highest BCUT2D eigenvalue weighted by atomic mass is 16.2. The van der Waals surface area contributed by atoms with Crippen LogP contribution in [0.4, 0.5) is 4.79 Å². The fourth-order valence-electron chi connectivity index (χ4n) is 3.63. The van der Waals surface area contributed by atoms with Gasteiger partial charge < -0.3 is 15.5 Å². The van der Waals surface area contributed by atoms with Crippen molar-refractivity contribution in [1.82, 2.24) is 25.8 Å². The molecule has 2 aliphatic rings. The van der Waals surface area contributed by atoms with Crippen LogP contribution in [0.5, 0.6) is 0 Å². The van der Waals surface area contributed by atoms with E-state index in [0.29, 0.717) is 6.54 Å². The number of aryl methyl sites for hydroxylation is 1. The minimum Gasteiger partial charge on any atom is -0.352 e. The number of likely N-dealkylation sites (tertiary alicyclic amines) is 1. The van der Waals surface area contributed by atoms with Gasteiger partial charge in [-0.15, -0.1) is 0 Å². The van der Waals surface area contributed by atoms with Crippen molar-refractivity contribution in [3.8, 4) is 0 Å². The van der Waals surface area contributed by atoms with E-state index in [1.54, 1.807) is 7.05 Å². The second-order valence-corrected chi connectivity index (χ2v) is 7.08. The molecule has 1 aromatic heterocycles. The highest BCUT2D eigenvalue weighted by molar-refractivity contribution is 6.07. The molecule has 0 aliphatic carbocycles. The summed E-state index contributed by atoms with van der Waals surface area (Å²) < 4.78 is 0. The predicted molar refractivity (Wildman–Crippen MR) is 98.5 cm³/mol. The van der Waals surface area contributed by atoms with Gasteiger partial charge in [-0.3, -0.25) is 20.1 Å². The first-order valence-corrected chi connectivity index (χ1v) is 8.93. The first-order valence-electron chi connectivity index (χ1n) is 8.93. The molecule has 2 saturated heterocycles. The first-order chi connectivity index (χ1) is 12.4. The van der Waals surface area contributed by atoms with E-state index in [4.69, 9.17) is 0 Å². The van der Waals surface area contributed by atoms with Crippen molar-refractivity contribution < 1.29 is 9.59 Å². The van der Waals surface area contributed by atoms with E-state index in [1.807, 2.05) is 26.1 Å². The summed E-state index contributed by atoms with van der Waals surface area (Å²) in [5, 5.41) is 8.51. The van der Waals surface area contributed by atoms with Crippen molar-refractivity contribution in [3.63, 3.8) is 0 Å². The Hall–Kier alpha value is -2.64. The third-order valence-electron chi connectivity index (χ3n) is 5.32. The molecule has 0 saturated carbocycles. The summed E-state index contributed by atoms with van der Waals surface area (Å²) in [5.41, 5.74) is 1.29. The maximum absolute atomic E-state index is 12.1. The number of guanidine groups is 1. The molecule has 140 valence electrons. The number of carbonyl (C=O) groups excluding carboxylic acids is 2. The van der Waals surface area contributed by atoms with Gasteiger partial charge in [-0.25, -0.2) is 4.79 Å². The normalized spacial score (nSPS) is 24.4. The second-order valence-electron chi connectivity index (χ2n) is 7.08. The minimum atomic E-state index is -0.812. The van der Waals surface area contributed by atoms with Gasteiger partial charge in [-0.2, -0.15) is 0 Å². The van der Waals surface area contributed by atoms with Gasteiger partial charge in [-0.05, 0) is 44.2 Å². The van der Waals surface area contributed by atoms with Crippen LogP contribution < -0.4 is 16.0 Å². The number of hydrogen-bond acceptors (Lipinski definition) is 4. The first kappa shape index (κ1) is 18.2. The molecule has 3 heterocycles. The van der Waals surface area contributed by atoms with Crippen molar-refractivity contribution in [2.24, 2.45) is 10.9 Å². The summed E-state index contributed by atoms with van der Waals surface area (Å²) in [4.78, 5) is 34.5. The lowest BCUT2D eigenvalue weighted by atomic mass is 9.79. The van der Waals surface area contributed by atoms with Crippen molar-refractivity contribution in [3.05, 3.63) is 29.6 Å². The molecule has 0 bridgehead atoms. The van der Waals surface area contributed by atoms with Crippen LogP contribution in [0, 0.1) is 12.8 Å². The lowest BCUT2D eigenvalue weighted by Gasteiger charge is -2.39. The molecule has 3 amide bonds. The molecule has 1 aromatic rings. The van der Waals surface area contributed by atoms with Gasteiger partial charge in [0, 0.05) is 38.6 Å². The molecule has 3 rings (SSSR count). The molecule has 26 heavy (non-hydrogen) atoms. The zero-order valence-corrected chi connectivity index (χ0v) is 15.5. The van der Waals surface area contributed by atoms with Crippen LogP contribution in [0.1, 0.15) is 31.0 Å². The van der Waals surface area contributed by atoms with Crippen LogP contribution in [0.25, 0.3) is 0 Å². The van der Waals surface area contributed by atoms with Crippen LogP contribution in [-0.4, -0.2) is 53.5 Å². The van der Waals surface area contributed by atoms with Crippen LogP contribution >= 0.6 is 0 Å². The van der Waals surface area contributed by atoms with Crippen LogP contribution in [0.15, 0.2) is 23.3 Å². The fourth-order valence-corrected chi connectivity index (χ4v) is 3.63. The van der Waals surface area contributed by atoms with E-state index in [9.17, 15) is 9.59 Å². The molecule has 0 radical (unpaired) electrons. The molecule has 3 N–H and O–H groups in total. The van der Waals surface area contributed by atoms with Gasteiger partial charge in [0.2, 0.25) is 0 Å². The summed E-state index contributed by atoms with van der Waals surface area (Å²) in [7, 11) is 1.77. The van der Waals surface area contributed by atoms with E-state index >= 15 is 0 Å². The number of pyridine rings is 1. The molecule has 0 aromatic carbocycles. The number of imide groups is 1. The number of hydrogen-bond donors (Lipinski definition) is 3. The largest absolute Gasteiger partial charge is 0.352 e. The molecule has 1 atom stereocenters. The molecular formula is C18H26N6O2. The third-order valence-corrected chi connectivity index (χ3v) is 5.32. The lowest BCUT2D eigenvalue weighted by Crippen LogP contribution is -2.55. The van der Waals surface area contributed by atoms with Crippen LogP contribution in [0.3, 0.4) is 0 Å². The third kappa shape index (κ3) is 3.63. The number of aliphatic imine (C=N–C) groups is 1. The topological polar surface area (TPSA) is 98.7 Å². The number of carbonyl (C=O) groups is 2. The fraction of sp³-hybridized carbons (Fsp3) is 0.556. The van der Waals surface area contributed by atoms with E-state index in [-0.39, 0.29) is 11.8 Å². The average Bonchev–Trinajstić information content (AvgIpc) is 2.90. The number of piperidine rings is 1. The molecule has 0 spiro atoms. The van der Waals surface area contributed by atoms with E-state index in [0.717, 1.165) is 43.1 Å². The Balaban J connectivity index is 1.55. The molecule has 8 nitrogen and oxygen atoms in total. The van der Waals surface area contributed by atoms with Crippen molar-refractivity contribution in [1.29, 1.82) is 0 Å². The number of nitrogens with zero attached hydrogens (tertiary/aromatic N) is 3. The lowest BCUT2D eigenvalue weighted by molar-refractivity contribution is -0.125. The second kappa shape index (κ2) is 7.31. The maximum Gasteiger partial charge on any atom is 0.322 e. The number of rotatable bonds is 3. The average molecular weight is 358 g/mol. The monoisotopic (exact) mass is 358 g/mol. The zero-order valence-electron chi connectivity index (χ0n) is 15.5. The van der Waals surface area contributed by atoms with Gasteiger partial charge in [0.1, 0.15) is 5.54 Å². The van der Waals surface area contributed by atoms with Gasteiger partial charge in [-0.1, -0.05) is 6.07 Å². The Morgan fingerprint density at radius 1 is 1.38 bits per heavy atom. The smallest absolute Gasteiger partial charge is 0.322 e. The minimum absolute atomic E-state index is 0.115. The van der Waals surface area contributed by atoms with E-state index in [2.05, 4.69) is 36.9 Å². The van der Waals surface area contributed by atoms with Crippen LogP contribution in [0.2, 0.25) is 0 Å². The Bertz CT molecular complexity index is 709. The van der Waals surface area contributed by atoms with Crippen LogP contribution in [-0.2, 0) is 11.3 Å². The van der Waals surface area contributed by atoms with Gasteiger partial charge in [0.05, 0.1) is 0 Å². The Morgan fingerprint density at radius 2 is 2.12 bits per heavy atom. The summed E-state index contributed by atoms with van der Waals surface area (Å²) in [5.74, 6) is 0.731. The maximum atomic E-state index is 12.1. The highest BCUT2D eigenvalue weighted by Gasteiger charge is 2.48. The quantitative estimate of drug-likeness (QED) is 0.421. The summed E-state index contributed by atoms with van der Waals surface area (Å²) in [6.07, 6.45) is 3.50. The number of nitrogens with one attached hydrogen (secondary N) is 3. The van der Waals surface area contributed by atoms with E-state index < -0.39 is 11.6 Å². The van der Waals surface area contributed by atoms with Gasteiger partial charge in [0.25, 0.3) is 5.91 Å². The molecule has 8 heteroatoms. The Morgan fingerprint density at radius 3 is 2.65 bits per heavy atom. The molecule has 1 unspecified atom stereocenters. The molecule has 2 aliphatic heterocycles. The SMILES string of the molecule is CN=C(NCc1ccc(C)nc1)N1CCC(C2(C)NC(=O)NC2=O)CC1. The Labute approximate surface area is 153 Å².